The van der Waals surface area contributed by atoms with Crippen molar-refractivity contribution in [2.45, 2.75) is 23.2 Å². The number of carbonyl (C=O) groups excluding carboxylic acids is 1. The van der Waals surface area contributed by atoms with Gasteiger partial charge in [-0.3, -0.25) is 4.79 Å². The molecule has 1 saturated heterocycles. The number of likely N-dealkylation sites (tertiary alicyclic amines) is 1. The van der Waals surface area contributed by atoms with Gasteiger partial charge in [0.15, 0.2) is 4.34 Å². The molecule has 140 valence electrons. The van der Waals surface area contributed by atoms with Gasteiger partial charge in [0.1, 0.15) is 11.5 Å². The molecule has 26 heavy (non-hydrogen) atoms. The molecular formula is C17H22N4O3S2. The highest BCUT2D eigenvalue weighted by molar-refractivity contribution is 8.01. The lowest BCUT2D eigenvalue weighted by Gasteiger charge is -2.26. The first-order valence-electron chi connectivity index (χ1n) is 8.31. The number of rotatable bonds is 7. The molecule has 1 N–H and O–H groups in total. The van der Waals surface area contributed by atoms with Crippen LogP contribution in [0.3, 0.4) is 0 Å². The number of benzene rings is 1. The van der Waals surface area contributed by atoms with Crippen LogP contribution in [0.4, 0.5) is 5.13 Å². The Bertz CT molecular complexity index is 768. The summed E-state index contributed by atoms with van der Waals surface area (Å²) in [6, 6.07) is 5.74. The molecule has 7 nitrogen and oxygen atoms in total. The number of nitrogens with one attached hydrogen (secondary N) is 1. The van der Waals surface area contributed by atoms with Crippen molar-refractivity contribution in [1.29, 1.82) is 0 Å². The molecule has 0 spiro atoms. The third-order valence-corrected chi connectivity index (χ3v) is 6.37. The molecule has 2 heterocycles. The van der Waals surface area contributed by atoms with Crippen LogP contribution in [0.1, 0.15) is 24.4 Å². The Morgan fingerprint density at radius 3 is 2.92 bits per heavy atom. The molecule has 1 atom stereocenters. The van der Waals surface area contributed by atoms with Gasteiger partial charge in [-0.05, 0) is 31.0 Å². The zero-order valence-electron chi connectivity index (χ0n) is 15.0. The van der Waals surface area contributed by atoms with E-state index in [1.54, 1.807) is 21.3 Å². The maximum absolute atomic E-state index is 12.8. The van der Waals surface area contributed by atoms with Gasteiger partial charge in [0.2, 0.25) is 11.0 Å². The number of carbonyl (C=O) groups is 1. The summed E-state index contributed by atoms with van der Waals surface area (Å²) >= 11 is 2.87. The largest absolute Gasteiger partial charge is 0.497 e. The van der Waals surface area contributed by atoms with Gasteiger partial charge in [-0.2, -0.15) is 0 Å². The lowest BCUT2D eigenvalue weighted by atomic mass is 10.0. The van der Waals surface area contributed by atoms with Gasteiger partial charge in [-0.15, -0.1) is 10.2 Å². The van der Waals surface area contributed by atoms with E-state index in [0.29, 0.717) is 5.75 Å². The van der Waals surface area contributed by atoms with E-state index >= 15 is 0 Å². The van der Waals surface area contributed by atoms with Gasteiger partial charge >= 0.3 is 0 Å². The van der Waals surface area contributed by atoms with Crippen LogP contribution >= 0.6 is 23.1 Å². The first-order chi connectivity index (χ1) is 12.7. The molecule has 2 aromatic rings. The van der Waals surface area contributed by atoms with Crippen LogP contribution in [0.5, 0.6) is 11.5 Å². The zero-order chi connectivity index (χ0) is 18.5. The third-order valence-electron chi connectivity index (χ3n) is 4.31. The second kappa shape index (κ2) is 8.59. The summed E-state index contributed by atoms with van der Waals surface area (Å²) in [7, 11) is 5.09. The maximum Gasteiger partial charge on any atom is 0.233 e. The van der Waals surface area contributed by atoms with Crippen molar-refractivity contribution >= 4 is 34.1 Å². The molecular weight excluding hydrogens is 372 g/mol. The van der Waals surface area contributed by atoms with Gasteiger partial charge in [0, 0.05) is 19.2 Å². The van der Waals surface area contributed by atoms with Crippen molar-refractivity contribution in [3.8, 4) is 11.5 Å². The van der Waals surface area contributed by atoms with Crippen molar-refractivity contribution < 1.29 is 14.3 Å². The Balaban J connectivity index is 1.72. The van der Waals surface area contributed by atoms with E-state index in [1.807, 2.05) is 23.1 Å². The fraction of sp³-hybridized carbons (Fsp3) is 0.471. The SMILES string of the molecule is CNc1nnc(SCC(=O)N2CCCC2c2cc(OC)ccc2OC)s1. The topological polar surface area (TPSA) is 76.6 Å². The van der Waals surface area contributed by atoms with Crippen molar-refractivity contribution in [3.05, 3.63) is 23.8 Å². The molecule has 1 aromatic heterocycles. The fourth-order valence-corrected chi connectivity index (χ4v) is 4.66. The van der Waals surface area contributed by atoms with Crippen LogP contribution < -0.4 is 14.8 Å². The number of methoxy groups -OCH3 is 2. The molecule has 0 bridgehead atoms. The highest BCUT2D eigenvalue weighted by Crippen LogP contribution is 2.39. The molecule has 1 unspecified atom stereocenters. The number of aromatic nitrogens is 2. The summed E-state index contributed by atoms with van der Waals surface area (Å²) in [4.78, 5) is 14.7. The molecule has 0 aliphatic carbocycles. The van der Waals surface area contributed by atoms with E-state index in [1.165, 1.54) is 23.1 Å². The number of amides is 1. The normalized spacial score (nSPS) is 16.6. The van der Waals surface area contributed by atoms with Gasteiger partial charge < -0.3 is 19.7 Å². The quantitative estimate of drug-likeness (QED) is 0.723. The van der Waals surface area contributed by atoms with E-state index in [-0.39, 0.29) is 11.9 Å². The highest BCUT2D eigenvalue weighted by atomic mass is 32.2. The standard InChI is InChI=1S/C17H22N4O3S2/c1-18-16-19-20-17(26-16)25-10-15(22)21-8-4-5-13(21)12-9-11(23-2)6-7-14(12)24-3/h6-7,9,13H,4-5,8,10H2,1-3H3,(H,18,19). The van der Waals surface area contributed by atoms with Crippen molar-refractivity contribution in [2.75, 3.05) is 38.9 Å². The van der Waals surface area contributed by atoms with Crippen LogP contribution in [0.2, 0.25) is 0 Å². The number of anilines is 1. The molecule has 1 fully saturated rings. The summed E-state index contributed by atoms with van der Waals surface area (Å²) < 4.78 is 11.6. The lowest BCUT2D eigenvalue weighted by molar-refractivity contribution is -0.129. The average molecular weight is 395 g/mol. The predicted molar refractivity (Wildman–Crippen MR) is 103 cm³/mol. The Labute approximate surface area is 161 Å². The fourth-order valence-electron chi connectivity index (χ4n) is 3.06. The number of hydrogen-bond donors (Lipinski definition) is 1. The minimum atomic E-state index is 0.00967. The summed E-state index contributed by atoms with van der Waals surface area (Å²) in [6.45, 7) is 0.752. The summed E-state index contributed by atoms with van der Waals surface area (Å²) in [5.74, 6) is 2.00. The summed E-state index contributed by atoms with van der Waals surface area (Å²) in [5.41, 5.74) is 0.996. The Morgan fingerprint density at radius 1 is 1.38 bits per heavy atom. The monoisotopic (exact) mass is 394 g/mol. The number of ether oxygens (including phenoxy) is 2. The molecule has 1 aliphatic heterocycles. The van der Waals surface area contributed by atoms with E-state index < -0.39 is 0 Å². The van der Waals surface area contributed by atoms with Crippen LogP contribution in [0, 0.1) is 0 Å². The molecule has 0 saturated carbocycles. The first-order valence-corrected chi connectivity index (χ1v) is 10.1. The second-order valence-corrected chi connectivity index (χ2v) is 7.96. The van der Waals surface area contributed by atoms with E-state index in [2.05, 4.69) is 15.5 Å². The van der Waals surface area contributed by atoms with Crippen LogP contribution in [-0.4, -0.2) is 54.6 Å². The Kier molecular flexibility index (Phi) is 6.20. The highest BCUT2D eigenvalue weighted by Gasteiger charge is 2.32. The molecule has 0 radical (unpaired) electrons. The number of nitrogens with zero attached hydrogens (tertiary/aromatic N) is 3. The van der Waals surface area contributed by atoms with Crippen molar-refractivity contribution in [2.24, 2.45) is 0 Å². The van der Waals surface area contributed by atoms with Crippen molar-refractivity contribution in [3.63, 3.8) is 0 Å². The maximum atomic E-state index is 12.8. The number of thioether (sulfide) groups is 1. The van der Waals surface area contributed by atoms with E-state index in [9.17, 15) is 4.79 Å². The molecule has 9 heteroatoms. The van der Waals surface area contributed by atoms with Gasteiger partial charge in [-0.25, -0.2) is 0 Å². The minimum absolute atomic E-state index is 0.00967. The smallest absolute Gasteiger partial charge is 0.233 e. The second-order valence-electron chi connectivity index (χ2n) is 5.76. The average Bonchev–Trinajstić information content (AvgIpc) is 3.34. The van der Waals surface area contributed by atoms with Gasteiger partial charge in [-0.1, -0.05) is 23.1 Å². The van der Waals surface area contributed by atoms with Gasteiger partial charge in [0.25, 0.3) is 0 Å². The predicted octanol–water partition coefficient (Wildman–Crippen LogP) is 3.05. The first kappa shape index (κ1) is 18.8. The molecule has 1 aromatic carbocycles. The van der Waals surface area contributed by atoms with Crippen molar-refractivity contribution in [1.82, 2.24) is 15.1 Å². The molecule has 3 rings (SSSR count). The Morgan fingerprint density at radius 2 is 2.23 bits per heavy atom. The number of hydrogen-bond acceptors (Lipinski definition) is 8. The van der Waals surface area contributed by atoms with Gasteiger partial charge in [0.05, 0.1) is 26.0 Å². The van der Waals surface area contributed by atoms with Crippen LogP contribution in [0.25, 0.3) is 0 Å². The minimum Gasteiger partial charge on any atom is -0.497 e. The summed E-state index contributed by atoms with van der Waals surface area (Å²) in [6.07, 6.45) is 1.90. The van der Waals surface area contributed by atoms with Crippen LogP contribution in [0.15, 0.2) is 22.5 Å². The van der Waals surface area contributed by atoms with E-state index in [4.69, 9.17) is 9.47 Å². The molecule has 1 amide bonds. The lowest BCUT2D eigenvalue weighted by Crippen LogP contribution is -2.32. The molecule has 1 aliphatic rings. The summed E-state index contributed by atoms with van der Waals surface area (Å²) in [5, 5.41) is 11.8. The third kappa shape index (κ3) is 4.04. The Hall–Kier alpha value is -2.00. The van der Waals surface area contributed by atoms with Crippen LogP contribution in [-0.2, 0) is 4.79 Å². The van der Waals surface area contributed by atoms with E-state index in [0.717, 1.165) is 45.9 Å². The zero-order valence-corrected chi connectivity index (χ0v) is 16.7.